The summed E-state index contributed by atoms with van der Waals surface area (Å²) >= 11 is 7.71. The average molecular weight is 572 g/mol. The maximum atomic E-state index is 14.9. The van der Waals surface area contributed by atoms with Crippen LogP contribution in [-0.4, -0.2) is 16.8 Å². The molecule has 0 bridgehead atoms. The zero-order valence-electron chi connectivity index (χ0n) is 21.2. The van der Waals surface area contributed by atoms with Crippen molar-refractivity contribution in [3.63, 3.8) is 0 Å². The molecule has 198 valence electrons. The van der Waals surface area contributed by atoms with Crippen LogP contribution in [0.15, 0.2) is 75.9 Å². The lowest BCUT2D eigenvalue weighted by Crippen LogP contribution is -2.53. The van der Waals surface area contributed by atoms with Gasteiger partial charge in [-0.3, -0.25) is 19.3 Å². The van der Waals surface area contributed by atoms with Gasteiger partial charge in [-0.1, -0.05) is 48.0 Å². The molecule has 2 aromatic heterocycles. The molecule has 0 aliphatic carbocycles. The maximum absolute atomic E-state index is 14.9. The molecule has 0 saturated carbocycles. The normalized spacial score (nSPS) is 17.8. The Kier molecular flexibility index (Phi) is 5.29. The molecule has 1 atom stereocenters. The van der Waals surface area contributed by atoms with Crippen LogP contribution in [0.4, 0.5) is 15.2 Å². The molecular formula is C30H19ClFN3O4S. The molecule has 5 aromatic rings. The minimum atomic E-state index is -1.91. The lowest BCUT2D eigenvalue weighted by molar-refractivity contribution is -0.121. The second-order valence-electron chi connectivity index (χ2n) is 9.76. The Morgan fingerprint density at radius 3 is 2.52 bits per heavy atom. The Labute approximate surface area is 236 Å². The van der Waals surface area contributed by atoms with Crippen LogP contribution in [0.3, 0.4) is 0 Å². The maximum Gasteiger partial charge on any atom is 0.297 e. The number of para-hydroxylation sites is 1. The van der Waals surface area contributed by atoms with Crippen LogP contribution in [0.1, 0.15) is 37.8 Å². The van der Waals surface area contributed by atoms with Gasteiger partial charge in [0.2, 0.25) is 5.76 Å². The number of halogens is 2. The van der Waals surface area contributed by atoms with E-state index >= 15 is 0 Å². The van der Waals surface area contributed by atoms with E-state index in [0.29, 0.717) is 27.5 Å². The second kappa shape index (κ2) is 8.58. The van der Waals surface area contributed by atoms with Crippen molar-refractivity contribution in [2.45, 2.75) is 25.9 Å². The summed E-state index contributed by atoms with van der Waals surface area (Å²) in [5.41, 5.74) is -0.351. The van der Waals surface area contributed by atoms with Gasteiger partial charge in [0.05, 0.1) is 28.9 Å². The fourth-order valence-corrected chi connectivity index (χ4v) is 6.80. The Hall–Kier alpha value is -4.34. The molecular weight excluding hydrogens is 553 g/mol. The summed E-state index contributed by atoms with van der Waals surface area (Å²) < 4.78 is 20.3. The number of fused-ring (bicyclic) bond motifs is 5. The van der Waals surface area contributed by atoms with E-state index in [-0.39, 0.29) is 34.0 Å². The molecule has 10 heteroatoms. The van der Waals surface area contributed by atoms with Crippen molar-refractivity contribution in [3.05, 3.63) is 121 Å². The molecule has 7 nitrogen and oxygen atoms in total. The molecule has 0 fully saturated rings. The number of hydrogen-bond donors (Lipinski definition) is 0. The zero-order chi connectivity index (χ0) is 27.9. The predicted molar refractivity (Wildman–Crippen MR) is 151 cm³/mol. The van der Waals surface area contributed by atoms with E-state index in [0.717, 1.165) is 17.0 Å². The molecule has 0 saturated heterocycles. The summed E-state index contributed by atoms with van der Waals surface area (Å²) in [6, 6.07) is 17.7. The number of anilines is 2. The highest BCUT2D eigenvalue weighted by Crippen LogP contribution is 2.55. The number of thiazole rings is 1. The zero-order valence-corrected chi connectivity index (χ0v) is 22.8. The molecule has 4 heterocycles. The van der Waals surface area contributed by atoms with E-state index < -0.39 is 28.6 Å². The molecule has 40 heavy (non-hydrogen) atoms. The summed E-state index contributed by atoms with van der Waals surface area (Å²) in [4.78, 5) is 51.5. The molecule has 3 aromatic carbocycles. The van der Waals surface area contributed by atoms with E-state index in [1.54, 1.807) is 36.4 Å². The van der Waals surface area contributed by atoms with Crippen molar-refractivity contribution in [1.82, 2.24) is 4.98 Å². The molecule has 0 N–H and O–H groups in total. The van der Waals surface area contributed by atoms with Crippen molar-refractivity contribution in [1.29, 1.82) is 0 Å². The van der Waals surface area contributed by atoms with Gasteiger partial charge < -0.3 is 9.32 Å². The summed E-state index contributed by atoms with van der Waals surface area (Å²) in [6.07, 6.45) is 0. The minimum Gasteiger partial charge on any atom is -0.450 e. The second-order valence-corrected chi connectivity index (χ2v) is 11.4. The first kappa shape index (κ1) is 24.7. The van der Waals surface area contributed by atoms with Crippen LogP contribution >= 0.6 is 22.9 Å². The number of benzene rings is 3. The standard InChI is InChI=1S/C30H19ClFN3O4S/c1-15-16(2)40-29(33-15)35-27(37)26-24(25(36)19-13-18(32)11-12-23(19)39-26)30(35)20-8-4-6-10-22(20)34(28(30)38)14-17-7-3-5-9-21(17)31/h3-13H,14H2,1-2H3. The first-order valence-electron chi connectivity index (χ1n) is 12.4. The molecule has 2 aliphatic heterocycles. The number of carbonyl (C=O) groups is 2. The van der Waals surface area contributed by atoms with Gasteiger partial charge in [-0.15, -0.1) is 11.3 Å². The molecule has 2 aliphatic rings. The Balaban J connectivity index is 1.58. The number of nitrogens with zero attached hydrogens (tertiary/aromatic N) is 3. The number of amides is 2. The Bertz CT molecular complexity index is 1970. The molecule has 2 amide bonds. The summed E-state index contributed by atoms with van der Waals surface area (Å²) in [5.74, 6) is -2.11. The van der Waals surface area contributed by atoms with E-state index in [2.05, 4.69) is 4.98 Å². The van der Waals surface area contributed by atoms with Gasteiger partial charge in [0, 0.05) is 15.5 Å². The topological polar surface area (TPSA) is 83.7 Å². The van der Waals surface area contributed by atoms with E-state index in [9.17, 15) is 18.8 Å². The van der Waals surface area contributed by atoms with Crippen LogP contribution in [0.5, 0.6) is 0 Å². The van der Waals surface area contributed by atoms with E-state index in [4.69, 9.17) is 16.0 Å². The highest BCUT2D eigenvalue weighted by atomic mass is 35.5. The molecule has 0 radical (unpaired) electrons. The molecule has 7 rings (SSSR count). The van der Waals surface area contributed by atoms with Crippen LogP contribution in [-0.2, 0) is 16.9 Å². The highest BCUT2D eigenvalue weighted by Gasteiger charge is 2.66. The Morgan fingerprint density at radius 1 is 1.02 bits per heavy atom. The first-order chi connectivity index (χ1) is 19.2. The van der Waals surface area contributed by atoms with Crippen molar-refractivity contribution in [3.8, 4) is 0 Å². The number of carbonyl (C=O) groups excluding carboxylic acids is 2. The van der Waals surface area contributed by atoms with Crippen molar-refractivity contribution in [2.24, 2.45) is 0 Å². The van der Waals surface area contributed by atoms with Gasteiger partial charge >= 0.3 is 0 Å². The lowest BCUT2D eigenvalue weighted by atomic mass is 9.84. The van der Waals surface area contributed by atoms with Crippen molar-refractivity contribution in [2.75, 3.05) is 9.80 Å². The van der Waals surface area contributed by atoms with Crippen molar-refractivity contribution >= 4 is 56.5 Å². The predicted octanol–water partition coefficient (Wildman–Crippen LogP) is 6.11. The summed E-state index contributed by atoms with van der Waals surface area (Å²) in [5, 5.41) is 0.665. The van der Waals surface area contributed by atoms with E-state index in [1.807, 2.05) is 26.0 Å². The van der Waals surface area contributed by atoms with Crippen LogP contribution < -0.4 is 15.2 Å². The van der Waals surface area contributed by atoms with Crippen LogP contribution in [0, 0.1) is 19.7 Å². The van der Waals surface area contributed by atoms with Gasteiger partial charge in [-0.25, -0.2) is 9.37 Å². The number of aryl methyl sites for hydroxylation is 2. The molecule has 1 unspecified atom stereocenters. The third-order valence-electron chi connectivity index (χ3n) is 7.58. The molecule has 1 spiro atoms. The fourth-order valence-electron chi connectivity index (χ4n) is 5.64. The van der Waals surface area contributed by atoms with Crippen molar-refractivity contribution < 1.29 is 18.4 Å². The number of aromatic nitrogens is 1. The SMILES string of the molecule is Cc1nc(N2C(=O)c3oc4ccc(F)cc4c(=O)c3C23C(=O)N(Cc2ccccc2Cl)c2ccccc23)sc1C. The minimum absolute atomic E-state index is 0.0497. The van der Waals surface area contributed by atoms with Crippen LogP contribution in [0.25, 0.3) is 11.0 Å². The van der Waals surface area contributed by atoms with E-state index in [1.165, 1.54) is 27.2 Å². The lowest BCUT2D eigenvalue weighted by Gasteiger charge is -2.32. The fraction of sp³-hybridized carbons (Fsp3) is 0.133. The van der Waals surface area contributed by atoms with Crippen LogP contribution in [0.2, 0.25) is 5.02 Å². The van der Waals surface area contributed by atoms with Gasteiger partial charge in [0.25, 0.3) is 11.8 Å². The number of rotatable bonds is 3. The highest BCUT2D eigenvalue weighted by molar-refractivity contribution is 7.16. The smallest absolute Gasteiger partial charge is 0.297 e. The summed E-state index contributed by atoms with van der Waals surface area (Å²) in [6.45, 7) is 3.77. The largest absolute Gasteiger partial charge is 0.450 e. The van der Waals surface area contributed by atoms with Gasteiger partial charge in [-0.05, 0) is 49.7 Å². The van der Waals surface area contributed by atoms with Gasteiger partial charge in [0.15, 0.2) is 16.1 Å². The third kappa shape index (κ3) is 3.16. The quantitative estimate of drug-likeness (QED) is 0.261. The number of hydrogen-bond acceptors (Lipinski definition) is 6. The average Bonchev–Trinajstić information content (AvgIpc) is 3.49. The Morgan fingerprint density at radius 2 is 1.77 bits per heavy atom. The van der Waals surface area contributed by atoms with Gasteiger partial charge in [0.1, 0.15) is 11.4 Å². The first-order valence-corrected chi connectivity index (χ1v) is 13.6. The summed E-state index contributed by atoms with van der Waals surface area (Å²) in [7, 11) is 0. The third-order valence-corrected chi connectivity index (χ3v) is 9.01. The monoisotopic (exact) mass is 571 g/mol. The van der Waals surface area contributed by atoms with Gasteiger partial charge in [-0.2, -0.15) is 0 Å².